The molecule has 0 atom stereocenters. The van der Waals surface area contributed by atoms with Crippen molar-refractivity contribution in [1.82, 2.24) is 24.7 Å². The molecule has 5 N–H and O–H groups in total. The molecule has 0 unspecified atom stereocenters. The largest absolute Gasteiger partial charge is 0.366 e. The molecule has 0 saturated carbocycles. The molecule has 2 aromatic rings. The molecule has 0 saturated heterocycles. The smallest absolute Gasteiger partial charge is 0.239 e. The summed E-state index contributed by atoms with van der Waals surface area (Å²) < 4.78 is 1.88. The first kappa shape index (κ1) is 8.70. The minimum atomic E-state index is 0.216. The van der Waals surface area contributed by atoms with Crippen molar-refractivity contribution in [2.24, 2.45) is 5.73 Å². The molecule has 0 aliphatic heterocycles. The summed E-state index contributed by atoms with van der Waals surface area (Å²) in [5.41, 5.74) is 11.5. The van der Waals surface area contributed by atoms with Crippen molar-refractivity contribution < 1.29 is 0 Å². The zero-order valence-electron chi connectivity index (χ0n) is 7.51. The molecule has 0 radical (unpaired) electrons. The van der Waals surface area contributed by atoms with E-state index in [-0.39, 0.29) is 5.95 Å². The molecule has 0 aliphatic rings. The Bertz CT molecular complexity index is 415. The first-order valence-corrected chi connectivity index (χ1v) is 4.19. The highest BCUT2D eigenvalue weighted by Gasteiger charge is 2.05. The highest BCUT2D eigenvalue weighted by molar-refractivity contribution is 5.48. The molecule has 0 aromatic carbocycles. The van der Waals surface area contributed by atoms with Crippen molar-refractivity contribution in [1.29, 1.82) is 0 Å². The molecule has 74 valence electrons. The Labute approximate surface area is 80.2 Å². The molecule has 2 aromatic heterocycles. The molecule has 0 bridgehead atoms. The van der Waals surface area contributed by atoms with Crippen molar-refractivity contribution >= 4 is 5.95 Å². The van der Waals surface area contributed by atoms with Gasteiger partial charge in [0.15, 0.2) is 5.82 Å². The number of imidazole rings is 1. The van der Waals surface area contributed by atoms with Gasteiger partial charge in [0.2, 0.25) is 5.95 Å². The quantitative estimate of drug-likeness (QED) is 0.591. The van der Waals surface area contributed by atoms with Gasteiger partial charge in [-0.3, -0.25) is 5.10 Å². The lowest BCUT2D eigenvalue weighted by Gasteiger charge is -1.94. The Morgan fingerprint density at radius 2 is 2.36 bits per heavy atom. The summed E-state index contributed by atoms with van der Waals surface area (Å²) in [5.74, 6) is 0.784. The predicted octanol–water partition coefficient (Wildman–Crippen LogP) is -0.791. The third-order valence-electron chi connectivity index (χ3n) is 1.77. The summed E-state index contributed by atoms with van der Waals surface area (Å²) >= 11 is 0. The molecule has 2 heterocycles. The molecular weight excluding hydrogens is 182 g/mol. The second-order valence-corrected chi connectivity index (χ2v) is 2.83. The van der Waals surface area contributed by atoms with Crippen LogP contribution in [0.4, 0.5) is 5.95 Å². The number of aromatic amines is 1. The fraction of sp³-hybridized carbons (Fsp3) is 0.286. The molecule has 0 fully saturated rings. The number of aromatic nitrogens is 5. The first-order valence-electron chi connectivity index (χ1n) is 4.19. The Morgan fingerprint density at radius 3 is 3.00 bits per heavy atom. The third-order valence-corrected chi connectivity index (χ3v) is 1.77. The second-order valence-electron chi connectivity index (χ2n) is 2.83. The van der Waals surface area contributed by atoms with Gasteiger partial charge in [-0.25, -0.2) is 4.98 Å². The number of H-pyrrole nitrogens is 1. The van der Waals surface area contributed by atoms with Crippen LogP contribution in [0, 0.1) is 0 Å². The molecule has 0 amide bonds. The molecule has 0 spiro atoms. The number of nitrogen functional groups attached to an aromatic ring is 1. The van der Waals surface area contributed by atoms with Gasteiger partial charge < -0.3 is 16.0 Å². The van der Waals surface area contributed by atoms with E-state index in [1.54, 1.807) is 6.33 Å². The Balaban J connectivity index is 2.24. The zero-order valence-corrected chi connectivity index (χ0v) is 7.51. The summed E-state index contributed by atoms with van der Waals surface area (Å²) in [6, 6.07) is 0. The lowest BCUT2D eigenvalue weighted by atomic mass is 10.4. The van der Waals surface area contributed by atoms with Crippen LogP contribution in [0.15, 0.2) is 12.5 Å². The number of hydrogen-bond acceptors (Lipinski definition) is 5. The highest BCUT2D eigenvalue weighted by Crippen LogP contribution is 2.11. The fourth-order valence-corrected chi connectivity index (χ4v) is 1.14. The monoisotopic (exact) mass is 193 g/mol. The van der Waals surface area contributed by atoms with Crippen LogP contribution in [-0.2, 0) is 6.54 Å². The number of hydrogen-bond donors (Lipinski definition) is 3. The maximum Gasteiger partial charge on any atom is 0.239 e. The van der Waals surface area contributed by atoms with E-state index in [1.165, 1.54) is 0 Å². The van der Waals surface area contributed by atoms with E-state index in [4.69, 9.17) is 11.5 Å². The maximum absolute atomic E-state index is 5.41. The minimum Gasteiger partial charge on any atom is -0.366 e. The van der Waals surface area contributed by atoms with Gasteiger partial charge >= 0.3 is 0 Å². The number of nitrogens with two attached hydrogens (primary N) is 2. The number of anilines is 1. The molecular formula is C7H11N7. The van der Waals surface area contributed by atoms with Gasteiger partial charge in [0, 0.05) is 19.3 Å². The van der Waals surface area contributed by atoms with Gasteiger partial charge in [-0.1, -0.05) is 0 Å². The molecule has 7 heteroatoms. The first-order chi connectivity index (χ1) is 6.79. The number of rotatable bonds is 3. The average Bonchev–Trinajstić information content (AvgIpc) is 2.74. The van der Waals surface area contributed by atoms with Gasteiger partial charge in [-0.05, 0) is 0 Å². The molecule has 0 aliphatic carbocycles. The van der Waals surface area contributed by atoms with Crippen LogP contribution in [0.3, 0.4) is 0 Å². The van der Waals surface area contributed by atoms with E-state index in [0.717, 1.165) is 6.54 Å². The van der Waals surface area contributed by atoms with Crippen molar-refractivity contribution in [3.63, 3.8) is 0 Å². The summed E-state index contributed by atoms with van der Waals surface area (Å²) in [7, 11) is 0. The lowest BCUT2D eigenvalue weighted by molar-refractivity contribution is 0.708. The summed E-state index contributed by atoms with van der Waals surface area (Å²) in [5, 5.41) is 6.40. The van der Waals surface area contributed by atoms with Crippen LogP contribution in [0.2, 0.25) is 0 Å². The van der Waals surface area contributed by atoms with Crippen LogP contribution >= 0.6 is 0 Å². The summed E-state index contributed by atoms with van der Waals surface area (Å²) in [6.07, 6.45) is 3.54. The van der Waals surface area contributed by atoms with Gasteiger partial charge in [0.1, 0.15) is 5.69 Å². The average molecular weight is 193 g/mol. The van der Waals surface area contributed by atoms with Crippen molar-refractivity contribution in [2.45, 2.75) is 6.54 Å². The Morgan fingerprint density at radius 1 is 1.50 bits per heavy atom. The van der Waals surface area contributed by atoms with Crippen molar-refractivity contribution in [3.05, 3.63) is 12.5 Å². The topological polar surface area (TPSA) is 111 Å². The molecule has 2 rings (SSSR count). The number of nitrogens with zero attached hydrogens (tertiary/aromatic N) is 4. The number of nitrogens with one attached hydrogen (secondary N) is 1. The normalized spacial score (nSPS) is 10.6. The van der Waals surface area contributed by atoms with Gasteiger partial charge in [-0.15, -0.1) is 5.10 Å². The molecule has 7 nitrogen and oxygen atoms in total. The van der Waals surface area contributed by atoms with Crippen LogP contribution < -0.4 is 11.5 Å². The van der Waals surface area contributed by atoms with Gasteiger partial charge in [0.05, 0.1) is 6.33 Å². The maximum atomic E-state index is 5.41. The van der Waals surface area contributed by atoms with Crippen LogP contribution in [0.5, 0.6) is 0 Å². The predicted molar refractivity (Wildman–Crippen MR) is 51.1 cm³/mol. The minimum absolute atomic E-state index is 0.216. The second kappa shape index (κ2) is 3.46. The lowest BCUT2D eigenvalue weighted by Crippen LogP contribution is -2.07. The fourth-order valence-electron chi connectivity index (χ4n) is 1.14. The van der Waals surface area contributed by atoms with Gasteiger partial charge in [0.25, 0.3) is 0 Å². The van der Waals surface area contributed by atoms with Crippen LogP contribution in [-0.4, -0.2) is 31.3 Å². The zero-order chi connectivity index (χ0) is 9.97. The van der Waals surface area contributed by atoms with E-state index in [1.807, 2.05) is 10.8 Å². The van der Waals surface area contributed by atoms with E-state index < -0.39 is 0 Å². The summed E-state index contributed by atoms with van der Waals surface area (Å²) in [6.45, 7) is 1.31. The SMILES string of the molecule is NCCn1cnc(-c2nc(N)n[nH]2)c1. The van der Waals surface area contributed by atoms with Crippen molar-refractivity contribution in [2.75, 3.05) is 12.3 Å². The van der Waals surface area contributed by atoms with Gasteiger partial charge in [-0.2, -0.15) is 4.98 Å². The van der Waals surface area contributed by atoms with E-state index in [0.29, 0.717) is 18.1 Å². The van der Waals surface area contributed by atoms with E-state index in [9.17, 15) is 0 Å². The van der Waals surface area contributed by atoms with Crippen molar-refractivity contribution in [3.8, 4) is 11.5 Å². The molecule has 14 heavy (non-hydrogen) atoms. The Hall–Kier alpha value is -1.89. The van der Waals surface area contributed by atoms with E-state index >= 15 is 0 Å². The highest BCUT2D eigenvalue weighted by atomic mass is 15.3. The van der Waals surface area contributed by atoms with Crippen LogP contribution in [0.1, 0.15) is 0 Å². The standard InChI is InChI=1S/C7H11N7/c8-1-2-14-3-5(10-4-14)6-11-7(9)13-12-6/h3-4H,1-2,8H2,(H3,9,11,12,13). The van der Waals surface area contributed by atoms with E-state index in [2.05, 4.69) is 20.2 Å². The third kappa shape index (κ3) is 1.57. The van der Waals surface area contributed by atoms with Crippen LogP contribution in [0.25, 0.3) is 11.5 Å². The summed E-state index contributed by atoms with van der Waals surface area (Å²) in [4.78, 5) is 8.09. The Kier molecular flexibility index (Phi) is 2.15.